The van der Waals surface area contributed by atoms with Crippen molar-refractivity contribution in [2.45, 2.75) is 43.5 Å². The van der Waals surface area contributed by atoms with Crippen molar-refractivity contribution in [2.75, 3.05) is 13.2 Å². The zero-order valence-electron chi connectivity index (χ0n) is 10.6. The van der Waals surface area contributed by atoms with Gasteiger partial charge in [-0.1, -0.05) is 19.9 Å². The Labute approximate surface area is 108 Å². The van der Waals surface area contributed by atoms with E-state index in [-0.39, 0.29) is 6.61 Å². The quantitative estimate of drug-likeness (QED) is 0.552. The number of thioether (sulfide) groups is 1. The Balaban J connectivity index is 2.57. The lowest BCUT2D eigenvalue weighted by atomic mass is 10.3. The molecule has 0 spiro atoms. The minimum absolute atomic E-state index is 0.240. The molecule has 2 N–H and O–H groups in total. The van der Waals surface area contributed by atoms with Crippen LogP contribution in [0.2, 0.25) is 0 Å². The van der Waals surface area contributed by atoms with E-state index >= 15 is 0 Å². The minimum Gasteiger partial charge on any atom is -0.396 e. The van der Waals surface area contributed by atoms with Gasteiger partial charge in [0, 0.05) is 24.6 Å². The van der Waals surface area contributed by atoms with E-state index < -0.39 is 0 Å². The first kappa shape index (κ1) is 14.5. The maximum atomic E-state index is 8.91. The van der Waals surface area contributed by atoms with Crippen LogP contribution >= 0.6 is 11.8 Å². The van der Waals surface area contributed by atoms with Gasteiger partial charge in [-0.25, -0.2) is 4.98 Å². The summed E-state index contributed by atoms with van der Waals surface area (Å²) < 4.78 is 0. The lowest BCUT2D eigenvalue weighted by molar-refractivity contribution is 0.289. The number of aliphatic hydroxyl groups is 1. The van der Waals surface area contributed by atoms with E-state index in [0.29, 0.717) is 5.25 Å². The minimum atomic E-state index is 0.240. The van der Waals surface area contributed by atoms with Crippen molar-refractivity contribution in [1.82, 2.24) is 10.3 Å². The Hall–Kier alpha value is -0.580. The van der Waals surface area contributed by atoms with Crippen LogP contribution in [0.1, 0.15) is 32.3 Å². The number of hydrogen-bond donors (Lipinski definition) is 2. The van der Waals surface area contributed by atoms with E-state index in [9.17, 15) is 0 Å². The summed E-state index contributed by atoms with van der Waals surface area (Å²) in [5.74, 6) is 0. The van der Waals surface area contributed by atoms with Crippen LogP contribution in [-0.4, -0.2) is 28.5 Å². The van der Waals surface area contributed by atoms with Crippen LogP contribution < -0.4 is 5.32 Å². The topological polar surface area (TPSA) is 45.2 Å². The zero-order chi connectivity index (χ0) is 12.5. The normalized spacial score (nSPS) is 12.6. The van der Waals surface area contributed by atoms with Gasteiger partial charge >= 0.3 is 0 Å². The molecule has 1 unspecified atom stereocenters. The number of hydrogen-bond acceptors (Lipinski definition) is 4. The smallest absolute Gasteiger partial charge is 0.101 e. The Morgan fingerprint density at radius 1 is 1.53 bits per heavy atom. The molecule has 0 amide bonds. The molecular weight excluding hydrogens is 232 g/mol. The molecule has 0 aromatic carbocycles. The molecule has 17 heavy (non-hydrogen) atoms. The van der Waals surface area contributed by atoms with Crippen LogP contribution in [-0.2, 0) is 6.54 Å². The molecule has 96 valence electrons. The van der Waals surface area contributed by atoms with Crippen molar-refractivity contribution in [2.24, 2.45) is 0 Å². The Morgan fingerprint density at radius 2 is 2.35 bits per heavy atom. The van der Waals surface area contributed by atoms with E-state index in [1.54, 1.807) is 11.8 Å². The molecule has 0 fully saturated rings. The van der Waals surface area contributed by atoms with Gasteiger partial charge in [0.1, 0.15) is 5.03 Å². The van der Waals surface area contributed by atoms with E-state index in [2.05, 4.69) is 30.2 Å². The highest BCUT2D eigenvalue weighted by Gasteiger charge is 2.08. The van der Waals surface area contributed by atoms with Gasteiger partial charge in [-0.3, -0.25) is 0 Å². The first-order chi connectivity index (χ1) is 8.27. The maximum absolute atomic E-state index is 8.91. The molecule has 0 aliphatic carbocycles. The predicted octanol–water partition coefficient (Wildman–Crippen LogP) is 2.44. The second kappa shape index (κ2) is 8.50. The van der Waals surface area contributed by atoms with E-state index in [0.717, 1.165) is 31.0 Å². The Bertz CT molecular complexity index is 320. The van der Waals surface area contributed by atoms with Gasteiger partial charge in [0.25, 0.3) is 0 Å². The first-order valence-corrected chi connectivity index (χ1v) is 7.08. The van der Waals surface area contributed by atoms with Gasteiger partial charge in [-0.05, 0) is 31.0 Å². The number of aliphatic hydroxyl groups excluding tert-OH is 1. The fraction of sp³-hybridized carbons (Fsp3) is 0.615. The first-order valence-electron chi connectivity index (χ1n) is 6.20. The van der Waals surface area contributed by atoms with Gasteiger partial charge in [-0.15, -0.1) is 11.8 Å². The van der Waals surface area contributed by atoms with E-state index in [1.165, 1.54) is 5.56 Å². The Morgan fingerprint density at radius 3 is 3.06 bits per heavy atom. The average molecular weight is 254 g/mol. The molecule has 0 radical (unpaired) electrons. The Kier molecular flexibility index (Phi) is 7.24. The number of pyridine rings is 1. The highest BCUT2D eigenvalue weighted by atomic mass is 32.2. The SMILES string of the molecule is CCCNCc1cccnc1SC(C)CCO. The summed E-state index contributed by atoms with van der Waals surface area (Å²) >= 11 is 1.74. The molecular formula is C13H22N2OS. The van der Waals surface area contributed by atoms with Crippen LogP contribution in [0.5, 0.6) is 0 Å². The standard InChI is InChI=1S/C13H22N2OS/c1-3-7-14-10-12-5-4-8-15-13(12)17-11(2)6-9-16/h4-5,8,11,14,16H,3,6-7,9-10H2,1-2H3. The van der Waals surface area contributed by atoms with Gasteiger partial charge in [-0.2, -0.15) is 0 Å². The van der Waals surface area contributed by atoms with Crippen molar-refractivity contribution in [1.29, 1.82) is 0 Å². The number of nitrogens with zero attached hydrogens (tertiary/aromatic N) is 1. The average Bonchev–Trinajstić information content (AvgIpc) is 2.32. The number of nitrogens with one attached hydrogen (secondary N) is 1. The number of aromatic nitrogens is 1. The van der Waals surface area contributed by atoms with Crippen LogP contribution in [0.4, 0.5) is 0 Å². The van der Waals surface area contributed by atoms with Gasteiger partial charge in [0.05, 0.1) is 0 Å². The van der Waals surface area contributed by atoms with Gasteiger partial charge in [0.2, 0.25) is 0 Å². The van der Waals surface area contributed by atoms with Crippen molar-refractivity contribution in [3.05, 3.63) is 23.9 Å². The van der Waals surface area contributed by atoms with Crippen molar-refractivity contribution in [3.8, 4) is 0 Å². The maximum Gasteiger partial charge on any atom is 0.101 e. The fourth-order valence-electron chi connectivity index (χ4n) is 1.50. The van der Waals surface area contributed by atoms with Crippen molar-refractivity contribution in [3.63, 3.8) is 0 Å². The van der Waals surface area contributed by atoms with Crippen LogP contribution in [0.25, 0.3) is 0 Å². The molecule has 0 saturated heterocycles. The molecule has 1 atom stereocenters. The summed E-state index contributed by atoms with van der Waals surface area (Å²) in [6.45, 7) is 6.43. The fourth-order valence-corrected chi connectivity index (χ4v) is 2.51. The van der Waals surface area contributed by atoms with Crippen LogP contribution in [0.15, 0.2) is 23.4 Å². The summed E-state index contributed by atoms with van der Waals surface area (Å²) in [7, 11) is 0. The third kappa shape index (κ3) is 5.52. The van der Waals surface area contributed by atoms with Gasteiger partial charge in [0.15, 0.2) is 0 Å². The lowest BCUT2D eigenvalue weighted by Gasteiger charge is -2.12. The molecule has 4 heteroatoms. The third-order valence-corrected chi connectivity index (χ3v) is 3.67. The third-order valence-electron chi connectivity index (χ3n) is 2.44. The van der Waals surface area contributed by atoms with Crippen LogP contribution in [0.3, 0.4) is 0 Å². The molecule has 1 heterocycles. The number of rotatable bonds is 8. The van der Waals surface area contributed by atoms with Crippen molar-refractivity contribution >= 4 is 11.8 Å². The van der Waals surface area contributed by atoms with E-state index in [4.69, 9.17) is 5.11 Å². The lowest BCUT2D eigenvalue weighted by Crippen LogP contribution is -2.15. The molecule has 0 aliphatic rings. The van der Waals surface area contributed by atoms with E-state index in [1.807, 2.05) is 12.3 Å². The molecule has 3 nitrogen and oxygen atoms in total. The summed E-state index contributed by atoms with van der Waals surface area (Å²) in [4.78, 5) is 4.42. The highest BCUT2D eigenvalue weighted by molar-refractivity contribution is 7.99. The summed E-state index contributed by atoms with van der Waals surface area (Å²) in [5.41, 5.74) is 1.25. The van der Waals surface area contributed by atoms with Crippen LogP contribution in [0, 0.1) is 0 Å². The molecule has 1 aromatic heterocycles. The summed E-state index contributed by atoms with van der Waals surface area (Å²) in [6, 6.07) is 4.09. The molecule has 0 saturated carbocycles. The summed E-state index contributed by atoms with van der Waals surface area (Å²) in [5, 5.41) is 13.8. The highest BCUT2D eigenvalue weighted by Crippen LogP contribution is 2.26. The second-order valence-electron chi connectivity index (χ2n) is 4.09. The molecule has 1 aromatic rings. The second-order valence-corrected chi connectivity index (χ2v) is 5.51. The monoisotopic (exact) mass is 254 g/mol. The summed E-state index contributed by atoms with van der Waals surface area (Å²) in [6.07, 6.45) is 3.78. The van der Waals surface area contributed by atoms with Gasteiger partial charge < -0.3 is 10.4 Å². The molecule has 1 rings (SSSR count). The zero-order valence-corrected chi connectivity index (χ0v) is 11.5. The largest absolute Gasteiger partial charge is 0.396 e. The molecule has 0 bridgehead atoms. The van der Waals surface area contributed by atoms with Crippen molar-refractivity contribution < 1.29 is 5.11 Å². The predicted molar refractivity (Wildman–Crippen MR) is 73.3 cm³/mol. The molecule has 0 aliphatic heterocycles.